The Labute approximate surface area is 507 Å². The molecule has 4 nitrogen and oxygen atoms in total. The van der Waals surface area contributed by atoms with Crippen molar-refractivity contribution >= 4 is 97.4 Å². The van der Waals surface area contributed by atoms with Gasteiger partial charge in [0.1, 0.15) is 11.3 Å². The summed E-state index contributed by atoms with van der Waals surface area (Å²) in [7, 11) is 0. The summed E-state index contributed by atoms with van der Waals surface area (Å²) in [5.74, 6) is 1.34. The highest BCUT2D eigenvalue weighted by atomic mass is 16.3. The number of para-hydroxylation sites is 1. The highest BCUT2D eigenvalue weighted by molar-refractivity contribution is 7.00. The van der Waals surface area contributed by atoms with Gasteiger partial charge in [0.05, 0.1) is 5.69 Å². The molecular formula is C80H82BN3O. The van der Waals surface area contributed by atoms with Gasteiger partial charge in [-0.2, -0.15) is 0 Å². The van der Waals surface area contributed by atoms with Crippen molar-refractivity contribution in [3.63, 3.8) is 0 Å². The van der Waals surface area contributed by atoms with Gasteiger partial charge >= 0.3 is 0 Å². The molecule has 0 radical (unpaired) electrons. The van der Waals surface area contributed by atoms with Crippen molar-refractivity contribution in [3.05, 3.63) is 253 Å². The van der Waals surface area contributed by atoms with Gasteiger partial charge in [-0.3, -0.25) is 0 Å². The third kappa shape index (κ3) is 10.8. The first-order chi connectivity index (χ1) is 40.9. The van der Waals surface area contributed by atoms with Gasteiger partial charge in [0.2, 0.25) is 0 Å². The van der Waals surface area contributed by atoms with E-state index in [-0.39, 0.29) is 23.0 Å². The molecule has 0 fully saturated rings. The SMILES string of the molecule is C=C.CC.CC(C)c1ccc(N2c3ccc(C(C)(C)C)cc3B3c4ccc(N(c5ccccc5)c5ccc(C(C)(C)C)cc5-c5ccccc5)cc4N(c4ccc(-c5ccc6c7c(oc6c5)C=CCC=C7)cc4)c4cc(C(C)(C)C)cc2c43)cc1. The van der Waals surface area contributed by atoms with Crippen LogP contribution in [0.3, 0.4) is 0 Å². The number of hydrogen-bond acceptors (Lipinski definition) is 4. The van der Waals surface area contributed by atoms with Gasteiger partial charge in [0, 0.05) is 62.0 Å². The minimum atomic E-state index is -0.173. The summed E-state index contributed by atoms with van der Waals surface area (Å²) < 4.78 is 6.51. The summed E-state index contributed by atoms with van der Waals surface area (Å²) in [6.07, 6.45) is 9.58. The van der Waals surface area contributed by atoms with Gasteiger partial charge in [-0.1, -0.05) is 211 Å². The molecule has 0 N–H and O–H groups in total. The normalized spacial score (nSPS) is 13.2. The number of hydrogen-bond donors (Lipinski definition) is 0. The highest BCUT2D eigenvalue weighted by Crippen LogP contribution is 2.50. The number of allylic oxidation sites excluding steroid dienone is 2. The number of fused-ring (bicyclic) bond motifs is 7. The van der Waals surface area contributed by atoms with Crippen LogP contribution < -0.4 is 31.1 Å². The van der Waals surface area contributed by atoms with Crippen molar-refractivity contribution in [3.8, 4) is 22.3 Å². The van der Waals surface area contributed by atoms with Crippen LogP contribution in [0.5, 0.6) is 0 Å². The molecule has 0 unspecified atom stereocenters. The number of nitrogens with zero attached hydrogens (tertiary/aromatic N) is 3. The first-order valence-electron chi connectivity index (χ1n) is 30.6. The third-order valence-corrected chi connectivity index (χ3v) is 17.1. The van der Waals surface area contributed by atoms with Crippen molar-refractivity contribution in [1.29, 1.82) is 0 Å². The highest BCUT2D eigenvalue weighted by Gasteiger charge is 2.45. The molecule has 0 saturated heterocycles. The molecule has 1 aromatic heterocycles. The van der Waals surface area contributed by atoms with Gasteiger partial charge in [0.25, 0.3) is 6.71 Å². The Morgan fingerprint density at radius 3 is 1.69 bits per heavy atom. The van der Waals surface area contributed by atoms with Crippen LogP contribution in [0.25, 0.3) is 45.4 Å². The largest absolute Gasteiger partial charge is 0.456 e. The van der Waals surface area contributed by atoms with E-state index in [4.69, 9.17) is 4.42 Å². The summed E-state index contributed by atoms with van der Waals surface area (Å²) >= 11 is 0. The molecule has 13 rings (SSSR count). The second-order valence-corrected chi connectivity index (χ2v) is 26.0. The van der Waals surface area contributed by atoms with Gasteiger partial charge in [-0.25, -0.2) is 0 Å². The summed E-state index contributed by atoms with van der Waals surface area (Å²) in [6, 6.07) is 73.9. The van der Waals surface area contributed by atoms with Crippen LogP contribution >= 0.6 is 0 Å². The van der Waals surface area contributed by atoms with Crippen molar-refractivity contribution in [2.24, 2.45) is 0 Å². The summed E-state index contributed by atoms with van der Waals surface area (Å²) in [5, 5.41) is 1.14. The van der Waals surface area contributed by atoms with E-state index in [1.165, 1.54) is 66.8 Å². The maximum absolute atomic E-state index is 6.51. The third-order valence-electron chi connectivity index (χ3n) is 17.1. The predicted octanol–water partition coefficient (Wildman–Crippen LogP) is 21.6. The van der Waals surface area contributed by atoms with Crippen LogP contribution in [0.15, 0.2) is 224 Å². The zero-order chi connectivity index (χ0) is 60.1. The van der Waals surface area contributed by atoms with Crippen molar-refractivity contribution in [2.75, 3.05) is 14.7 Å². The number of furan rings is 1. The van der Waals surface area contributed by atoms with Gasteiger partial charge in [-0.15, -0.1) is 13.2 Å². The van der Waals surface area contributed by atoms with Crippen molar-refractivity contribution in [1.82, 2.24) is 0 Å². The molecule has 9 aromatic carbocycles. The standard InChI is InChI=1S/C76H72BN3O.C2H6.C2H4/c1-49(2)50-27-34-58(35-28-50)79-67-42-33-55(75(6,7)8)45-65(67)77-64-40-38-60(78(57-23-17-13-18-24-57)66-41-32-54(74(3,4)5)44-63(66)52-21-15-12-16-22-52)48-68(64)80(70-47-56(76(9,10)11)46-69(79)73(70)77)59-36-29-51(30-37-59)53-31-39-62-61-25-19-14-20-26-71(61)81-72(62)43-53;2*1-2/h12-13,15-49H,14H2,1-11H3;1-2H3;1-2H2. The predicted molar refractivity (Wildman–Crippen MR) is 371 cm³/mol. The molecule has 5 heteroatoms. The first-order valence-corrected chi connectivity index (χ1v) is 30.6. The summed E-state index contributed by atoms with van der Waals surface area (Å²) in [4.78, 5) is 7.63. The molecule has 3 heterocycles. The van der Waals surface area contributed by atoms with Gasteiger partial charge in [0.15, 0.2) is 0 Å². The van der Waals surface area contributed by atoms with Gasteiger partial charge < -0.3 is 19.1 Å². The lowest BCUT2D eigenvalue weighted by Crippen LogP contribution is -2.61. The average molecular weight is 1110 g/mol. The topological polar surface area (TPSA) is 22.9 Å². The maximum atomic E-state index is 6.51. The van der Waals surface area contributed by atoms with Crippen molar-refractivity contribution in [2.45, 2.75) is 119 Å². The second kappa shape index (κ2) is 23.0. The van der Waals surface area contributed by atoms with Crippen LogP contribution in [-0.2, 0) is 16.2 Å². The zero-order valence-corrected chi connectivity index (χ0v) is 52.3. The van der Waals surface area contributed by atoms with Crippen LogP contribution in [0, 0.1) is 0 Å². The Morgan fingerprint density at radius 1 is 0.482 bits per heavy atom. The van der Waals surface area contributed by atoms with Crippen LogP contribution in [0.1, 0.15) is 136 Å². The van der Waals surface area contributed by atoms with E-state index in [2.05, 4.69) is 322 Å². The van der Waals surface area contributed by atoms with E-state index >= 15 is 0 Å². The maximum Gasteiger partial charge on any atom is 0.252 e. The Kier molecular flexibility index (Phi) is 15.7. The van der Waals surface area contributed by atoms with E-state index in [1.54, 1.807) is 0 Å². The Bertz CT molecular complexity index is 4130. The fraction of sp³-hybridized carbons (Fsp3) is 0.225. The molecule has 85 heavy (non-hydrogen) atoms. The van der Waals surface area contributed by atoms with Crippen molar-refractivity contribution < 1.29 is 4.42 Å². The minimum absolute atomic E-state index is 0.0461. The van der Waals surface area contributed by atoms with E-state index in [0.717, 1.165) is 74.0 Å². The van der Waals surface area contributed by atoms with Crippen LogP contribution in [-0.4, -0.2) is 6.71 Å². The molecular weight excluding hydrogens is 1030 g/mol. The molecule has 426 valence electrons. The van der Waals surface area contributed by atoms with E-state index < -0.39 is 0 Å². The Balaban J connectivity index is 0.00000184. The Morgan fingerprint density at radius 2 is 1.06 bits per heavy atom. The van der Waals surface area contributed by atoms with Crippen LogP contribution in [0.4, 0.5) is 51.2 Å². The Hall–Kier alpha value is -8.80. The average Bonchev–Trinajstić information content (AvgIpc) is 1.18. The molecule has 0 atom stereocenters. The fourth-order valence-corrected chi connectivity index (χ4v) is 12.5. The smallest absolute Gasteiger partial charge is 0.252 e. The molecule has 0 bridgehead atoms. The van der Waals surface area contributed by atoms with E-state index in [1.807, 2.05) is 13.8 Å². The molecule has 0 saturated carbocycles. The second-order valence-electron chi connectivity index (χ2n) is 26.0. The molecule has 0 amide bonds. The molecule has 3 aliphatic rings. The first kappa shape index (κ1) is 58.0. The number of benzene rings is 9. The lowest BCUT2D eigenvalue weighted by Gasteiger charge is -2.45. The number of rotatable bonds is 8. The molecule has 1 aliphatic carbocycles. The lowest BCUT2D eigenvalue weighted by molar-refractivity contribution is 0.590. The van der Waals surface area contributed by atoms with Gasteiger partial charge in [-0.05, 0) is 181 Å². The monoisotopic (exact) mass is 1110 g/mol. The minimum Gasteiger partial charge on any atom is -0.456 e. The van der Waals surface area contributed by atoms with E-state index in [0.29, 0.717) is 5.92 Å². The number of anilines is 9. The summed E-state index contributed by atoms with van der Waals surface area (Å²) in [6.45, 7) is 35.5. The molecule has 10 aromatic rings. The zero-order valence-electron chi connectivity index (χ0n) is 52.3. The lowest BCUT2D eigenvalue weighted by atomic mass is 9.33. The quantitative estimate of drug-likeness (QED) is 0.112. The fourth-order valence-electron chi connectivity index (χ4n) is 12.5. The summed E-state index contributed by atoms with van der Waals surface area (Å²) in [5.41, 5.74) is 25.9. The molecule has 2 aliphatic heterocycles. The van der Waals surface area contributed by atoms with Crippen LogP contribution in [0.2, 0.25) is 0 Å². The molecule has 0 spiro atoms. The van der Waals surface area contributed by atoms with E-state index in [9.17, 15) is 0 Å².